The number of hydrogen-bond acceptors (Lipinski definition) is 2. The molecule has 0 atom stereocenters. The summed E-state index contributed by atoms with van der Waals surface area (Å²) >= 11 is 11.4. The Kier molecular flexibility index (Phi) is 5.22. The highest BCUT2D eigenvalue weighted by Crippen LogP contribution is 2.29. The van der Waals surface area contributed by atoms with Gasteiger partial charge in [0.15, 0.2) is 5.82 Å². The van der Waals surface area contributed by atoms with Gasteiger partial charge in [0.05, 0.1) is 16.6 Å². The first-order chi connectivity index (χ1) is 9.74. The van der Waals surface area contributed by atoms with Crippen LogP contribution in [-0.2, 0) is 0 Å². The van der Waals surface area contributed by atoms with Crippen molar-refractivity contribution in [3.8, 4) is 0 Å². The van der Waals surface area contributed by atoms with E-state index in [-0.39, 0.29) is 16.1 Å². The second-order valence-electron chi connectivity index (χ2n) is 5.06. The van der Waals surface area contributed by atoms with E-state index in [0.717, 1.165) is 0 Å². The molecule has 0 bridgehead atoms. The summed E-state index contributed by atoms with van der Waals surface area (Å²) in [6, 6.07) is 2.86. The van der Waals surface area contributed by atoms with Crippen molar-refractivity contribution in [1.82, 2.24) is 4.90 Å². The fourth-order valence-corrected chi connectivity index (χ4v) is 2.85. The smallest absolute Gasteiger partial charge is 0.382 e. The van der Waals surface area contributed by atoms with Gasteiger partial charge in [-0.2, -0.15) is 13.2 Å². The van der Waals surface area contributed by atoms with Crippen LogP contribution in [0.15, 0.2) is 12.1 Å². The van der Waals surface area contributed by atoms with Crippen LogP contribution in [0.3, 0.4) is 0 Å². The van der Waals surface area contributed by atoms with Crippen LogP contribution in [0, 0.1) is 5.82 Å². The molecule has 2 rings (SSSR count). The first-order valence-electron chi connectivity index (χ1n) is 6.45. The van der Waals surface area contributed by atoms with Gasteiger partial charge in [-0.15, -0.1) is 0 Å². The van der Waals surface area contributed by atoms with Crippen LogP contribution in [0.2, 0.25) is 10.0 Å². The number of alkyl halides is 3. The lowest BCUT2D eigenvalue weighted by Crippen LogP contribution is -2.43. The lowest BCUT2D eigenvalue weighted by atomic mass is 10.0. The maximum Gasteiger partial charge on any atom is 0.401 e. The summed E-state index contributed by atoms with van der Waals surface area (Å²) in [6.07, 6.45) is -3.02. The Hall–Kier alpha value is -0.720. The van der Waals surface area contributed by atoms with Crippen molar-refractivity contribution in [2.45, 2.75) is 25.1 Å². The maximum atomic E-state index is 13.3. The molecule has 0 saturated carbocycles. The van der Waals surface area contributed by atoms with Crippen molar-refractivity contribution in [3.05, 3.63) is 28.0 Å². The molecule has 1 N–H and O–H groups in total. The van der Waals surface area contributed by atoms with Crippen LogP contribution in [0.1, 0.15) is 12.8 Å². The molecule has 1 saturated heterocycles. The van der Waals surface area contributed by atoms with E-state index in [4.69, 9.17) is 23.2 Å². The van der Waals surface area contributed by atoms with E-state index < -0.39 is 18.5 Å². The molecule has 21 heavy (non-hydrogen) atoms. The van der Waals surface area contributed by atoms with Gasteiger partial charge in [0.1, 0.15) is 0 Å². The van der Waals surface area contributed by atoms with E-state index in [9.17, 15) is 17.6 Å². The monoisotopic (exact) mass is 344 g/mol. The number of likely N-dealkylation sites (tertiary alicyclic amines) is 1. The molecule has 0 spiro atoms. The molecule has 0 radical (unpaired) electrons. The topological polar surface area (TPSA) is 15.3 Å². The number of benzene rings is 1. The first-order valence-corrected chi connectivity index (χ1v) is 7.20. The molecule has 0 aliphatic carbocycles. The third-order valence-electron chi connectivity index (χ3n) is 3.35. The number of anilines is 1. The van der Waals surface area contributed by atoms with E-state index >= 15 is 0 Å². The van der Waals surface area contributed by atoms with Gasteiger partial charge in [-0.3, -0.25) is 4.90 Å². The number of nitrogens with one attached hydrogen (secondary N) is 1. The Morgan fingerprint density at radius 2 is 1.67 bits per heavy atom. The van der Waals surface area contributed by atoms with E-state index in [1.54, 1.807) is 0 Å². The molecule has 1 fully saturated rings. The van der Waals surface area contributed by atoms with Gasteiger partial charge < -0.3 is 5.32 Å². The van der Waals surface area contributed by atoms with Gasteiger partial charge in [0, 0.05) is 24.8 Å². The van der Waals surface area contributed by atoms with Crippen LogP contribution in [-0.4, -0.2) is 36.8 Å². The average molecular weight is 345 g/mol. The minimum atomic E-state index is -4.17. The zero-order chi connectivity index (χ0) is 15.6. The number of hydrogen-bond donors (Lipinski definition) is 1. The maximum absolute atomic E-state index is 13.3. The van der Waals surface area contributed by atoms with Crippen molar-refractivity contribution in [3.63, 3.8) is 0 Å². The van der Waals surface area contributed by atoms with Crippen LogP contribution < -0.4 is 5.32 Å². The number of piperidine rings is 1. The Balaban J connectivity index is 1.89. The van der Waals surface area contributed by atoms with E-state index in [1.165, 1.54) is 17.0 Å². The lowest BCUT2D eigenvalue weighted by Gasteiger charge is -2.33. The second-order valence-corrected chi connectivity index (χ2v) is 5.88. The normalized spacial score (nSPS) is 18.0. The molecule has 118 valence electrons. The summed E-state index contributed by atoms with van der Waals surface area (Å²) < 4.78 is 50.2. The Morgan fingerprint density at radius 1 is 1.14 bits per heavy atom. The first kappa shape index (κ1) is 16.6. The van der Waals surface area contributed by atoms with Gasteiger partial charge >= 0.3 is 6.18 Å². The Bertz CT molecular complexity index is 476. The SMILES string of the molecule is Fc1c(Cl)cc(NC2CCN(CC(F)(F)F)CC2)cc1Cl. The predicted octanol–water partition coefficient (Wildman–Crippen LogP) is 4.57. The van der Waals surface area contributed by atoms with Crippen molar-refractivity contribution in [2.24, 2.45) is 0 Å². The van der Waals surface area contributed by atoms with Crippen molar-refractivity contribution < 1.29 is 17.6 Å². The average Bonchev–Trinajstić information content (AvgIpc) is 2.36. The Morgan fingerprint density at radius 3 is 2.14 bits per heavy atom. The number of nitrogens with zero attached hydrogens (tertiary/aromatic N) is 1. The van der Waals surface area contributed by atoms with Gasteiger partial charge in [-0.1, -0.05) is 23.2 Å². The summed E-state index contributed by atoms with van der Waals surface area (Å²) in [5.41, 5.74) is 0.570. The largest absolute Gasteiger partial charge is 0.401 e. The van der Waals surface area contributed by atoms with E-state index in [2.05, 4.69) is 5.32 Å². The van der Waals surface area contributed by atoms with Gasteiger partial charge in [0.2, 0.25) is 0 Å². The predicted molar refractivity (Wildman–Crippen MR) is 75.6 cm³/mol. The van der Waals surface area contributed by atoms with Crippen LogP contribution in [0.4, 0.5) is 23.2 Å². The van der Waals surface area contributed by atoms with Gasteiger partial charge in [-0.25, -0.2) is 4.39 Å². The molecule has 1 aliphatic heterocycles. The molecule has 1 heterocycles. The standard InChI is InChI=1S/C13H14Cl2F4N2/c14-10-5-9(6-11(15)12(10)16)20-8-1-3-21(4-2-8)7-13(17,18)19/h5-6,8,20H,1-4,7H2. The molecule has 0 amide bonds. The molecule has 8 heteroatoms. The molecular weight excluding hydrogens is 331 g/mol. The third kappa shape index (κ3) is 4.90. The second kappa shape index (κ2) is 6.58. The zero-order valence-corrected chi connectivity index (χ0v) is 12.5. The molecule has 1 aromatic rings. The van der Waals surface area contributed by atoms with Crippen LogP contribution in [0.25, 0.3) is 0 Å². The van der Waals surface area contributed by atoms with Gasteiger partial charge in [-0.05, 0) is 25.0 Å². The molecular formula is C13H14Cl2F4N2. The summed E-state index contributed by atoms with van der Waals surface area (Å²) in [7, 11) is 0. The molecule has 0 unspecified atom stereocenters. The third-order valence-corrected chi connectivity index (χ3v) is 3.90. The van der Waals surface area contributed by atoms with Crippen LogP contribution >= 0.6 is 23.2 Å². The van der Waals surface area contributed by atoms with Crippen molar-refractivity contribution in [1.29, 1.82) is 0 Å². The molecule has 1 aliphatic rings. The molecule has 1 aromatic carbocycles. The molecule has 0 aromatic heterocycles. The fourth-order valence-electron chi connectivity index (χ4n) is 2.36. The van der Waals surface area contributed by atoms with Gasteiger partial charge in [0.25, 0.3) is 0 Å². The summed E-state index contributed by atoms with van der Waals surface area (Å²) in [6.45, 7) is -0.159. The number of halogens is 6. The minimum Gasteiger partial charge on any atom is -0.382 e. The van der Waals surface area contributed by atoms with Crippen LogP contribution in [0.5, 0.6) is 0 Å². The summed E-state index contributed by atoms with van der Waals surface area (Å²) in [5.74, 6) is -0.677. The summed E-state index contributed by atoms with van der Waals surface area (Å²) in [4.78, 5) is 1.38. The minimum absolute atomic E-state index is 0.0204. The highest BCUT2D eigenvalue weighted by molar-refractivity contribution is 6.35. The van der Waals surface area contributed by atoms with E-state index in [0.29, 0.717) is 31.6 Å². The van der Waals surface area contributed by atoms with Crippen molar-refractivity contribution >= 4 is 28.9 Å². The lowest BCUT2D eigenvalue weighted by molar-refractivity contribution is -0.147. The van der Waals surface area contributed by atoms with Crippen molar-refractivity contribution in [2.75, 3.05) is 25.0 Å². The molecule has 2 nitrogen and oxygen atoms in total. The highest BCUT2D eigenvalue weighted by Gasteiger charge is 2.32. The number of rotatable bonds is 3. The zero-order valence-electron chi connectivity index (χ0n) is 11.0. The quantitative estimate of drug-likeness (QED) is 0.638. The Labute approximate surface area is 130 Å². The van der Waals surface area contributed by atoms with E-state index in [1.807, 2.05) is 0 Å². The highest BCUT2D eigenvalue weighted by atomic mass is 35.5. The fraction of sp³-hybridized carbons (Fsp3) is 0.538. The summed E-state index contributed by atoms with van der Waals surface area (Å²) in [5, 5.41) is 2.96.